The van der Waals surface area contributed by atoms with Gasteiger partial charge in [0.15, 0.2) is 0 Å². The molecule has 2 N–H and O–H groups in total. The molecule has 1 aliphatic heterocycles. The van der Waals surface area contributed by atoms with Crippen LogP contribution in [0.1, 0.15) is 25.5 Å². The molecule has 16 heavy (non-hydrogen) atoms. The Morgan fingerprint density at radius 1 is 1.50 bits per heavy atom. The Kier molecular flexibility index (Phi) is 3.44. The summed E-state index contributed by atoms with van der Waals surface area (Å²) in [7, 11) is 0. The summed E-state index contributed by atoms with van der Waals surface area (Å²) in [6.07, 6.45) is 2.53. The molecule has 0 aromatic carbocycles. The number of pyridine rings is 1. The average molecular weight is 219 g/mol. The summed E-state index contributed by atoms with van der Waals surface area (Å²) < 4.78 is 0. The Morgan fingerprint density at radius 2 is 2.31 bits per heavy atom. The lowest BCUT2D eigenvalue weighted by atomic mass is 9.91. The zero-order valence-electron chi connectivity index (χ0n) is 10.2. The highest BCUT2D eigenvalue weighted by Gasteiger charge is 2.28. The quantitative estimate of drug-likeness (QED) is 0.826. The van der Waals surface area contributed by atoms with Crippen molar-refractivity contribution in [1.82, 2.24) is 4.98 Å². The third-order valence-electron chi connectivity index (χ3n) is 3.53. The van der Waals surface area contributed by atoms with Gasteiger partial charge in [-0.05, 0) is 37.8 Å². The molecule has 2 rings (SSSR count). The molecule has 0 spiro atoms. The van der Waals surface area contributed by atoms with E-state index in [1.165, 1.54) is 12.8 Å². The molecule has 0 radical (unpaired) electrons. The fourth-order valence-electron chi connectivity index (χ4n) is 2.58. The molecule has 0 amide bonds. The summed E-state index contributed by atoms with van der Waals surface area (Å²) in [5.41, 5.74) is 6.97. The lowest BCUT2D eigenvalue weighted by Gasteiger charge is -2.40. The topological polar surface area (TPSA) is 42.1 Å². The molecule has 1 saturated heterocycles. The van der Waals surface area contributed by atoms with Gasteiger partial charge in [0.25, 0.3) is 0 Å². The molecule has 1 aromatic heterocycles. The third kappa shape index (κ3) is 2.19. The lowest BCUT2D eigenvalue weighted by molar-refractivity contribution is 0.348. The van der Waals surface area contributed by atoms with Crippen LogP contribution in [0.3, 0.4) is 0 Å². The summed E-state index contributed by atoms with van der Waals surface area (Å²) >= 11 is 0. The Hall–Kier alpha value is -1.09. The van der Waals surface area contributed by atoms with Crippen molar-refractivity contribution in [3.05, 3.63) is 23.9 Å². The van der Waals surface area contributed by atoms with Gasteiger partial charge in [-0.25, -0.2) is 4.98 Å². The summed E-state index contributed by atoms with van der Waals surface area (Å²) in [5.74, 6) is 1.75. The van der Waals surface area contributed by atoms with Gasteiger partial charge >= 0.3 is 0 Å². The van der Waals surface area contributed by atoms with Gasteiger partial charge in [-0.1, -0.05) is 13.0 Å². The first-order valence-corrected chi connectivity index (χ1v) is 6.12. The zero-order valence-corrected chi connectivity index (χ0v) is 10.2. The highest BCUT2D eigenvalue weighted by Crippen LogP contribution is 2.26. The van der Waals surface area contributed by atoms with Crippen LogP contribution in [0, 0.1) is 12.8 Å². The molecule has 88 valence electrons. The molecule has 1 aliphatic rings. The van der Waals surface area contributed by atoms with Crippen molar-refractivity contribution in [2.24, 2.45) is 11.7 Å². The van der Waals surface area contributed by atoms with E-state index in [-0.39, 0.29) is 0 Å². The fourth-order valence-corrected chi connectivity index (χ4v) is 2.58. The Labute approximate surface area is 97.7 Å². The third-order valence-corrected chi connectivity index (χ3v) is 3.53. The van der Waals surface area contributed by atoms with E-state index in [9.17, 15) is 0 Å². The predicted molar refractivity (Wildman–Crippen MR) is 67.6 cm³/mol. The maximum atomic E-state index is 5.89. The second-order valence-electron chi connectivity index (χ2n) is 4.75. The number of hydrogen-bond donors (Lipinski definition) is 1. The number of hydrogen-bond acceptors (Lipinski definition) is 3. The van der Waals surface area contributed by atoms with E-state index in [1.54, 1.807) is 0 Å². The van der Waals surface area contributed by atoms with E-state index >= 15 is 0 Å². The molecule has 2 atom stereocenters. The number of nitrogens with two attached hydrogens (primary N) is 1. The second kappa shape index (κ2) is 4.83. The van der Waals surface area contributed by atoms with Crippen LogP contribution in [-0.4, -0.2) is 24.1 Å². The molecular formula is C13H21N3. The van der Waals surface area contributed by atoms with Gasteiger partial charge in [0.2, 0.25) is 0 Å². The van der Waals surface area contributed by atoms with Gasteiger partial charge in [-0.3, -0.25) is 0 Å². The molecule has 0 aliphatic carbocycles. The summed E-state index contributed by atoms with van der Waals surface area (Å²) in [5, 5.41) is 0. The van der Waals surface area contributed by atoms with Crippen LogP contribution in [0.25, 0.3) is 0 Å². The van der Waals surface area contributed by atoms with E-state index in [2.05, 4.69) is 28.9 Å². The molecule has 1 fully saturated rings. The standard InChI is InChI=1S/C13H21N3/c1-10-5-4-8-16(12(10)9-14)13-7-3-6-11(2)15-13/h3,6-7,10,12H,4-5,8-9,14H2,1-2H3. The maximum Gasteiger partial charge on any atom is 0.129 e. The maximum absolute atomic E-state index is 5.89. The van der Waals surface area contributed by atoms with Crippen molar-refractivity contribution in [1.29, 1.82) is 0 Å². The van der Waals surface area contributed by atoms with Gasteiger partial charge in [0.1, 0.15) is 5.82 Å². The molecular weight excluding hydrogens is 198 g/mol. The van der Waals surface area contributed by atoms with Gasteiger partial charge in [-0.2, -0.15) is 0 Å². The fraction of sp³-hybridized carbons (Fsp3) is 0.615. The van der Waals surface area contributed by atoms with Gasteiger partial charge in [0.05, 0.1) is 0 Å². The van der Waals surface area contributed by atoms with Crippen molar-refractivity contribution in [2.75, 3.05) is 18.0 Å². The van der Waals surface area contributed by atoms with E-state index in [1.807, 2.05) is 13.0 Å². The van der Waals surface area contributed by atoms with Gasteiger partial charge < -0.3 is 10.6 Å². The summed E-state index contributed by atoms with van der Waals surface area (Å²) in [6, 6.07) is 6.65. The second-order valence-corrected chi connectivity index (χ2v) is 4.75. The van der Waals surface area contributed by atoms with Crippen molar-refractivity contribution in [2.45, 2.75) is 32.7 Å². The number of nitrogens with zero attached hydrogens (tertiary/aromatic N) is 2. The largest absolute Gasteiger partial charge is 0.352 e. The molecule has 0 saturated carbocycles. The number of aromatic nitrogens is 1. The number of aryl methyl sites for hydroxylation is 1. The van der Waals surface area contributed by atoms with Crippen LogP contribution in [0.5, 0.6) is 0 Å². The highest BCUT2D eigenvalue weighted by molar-refractivity contribution is 5.41. The minimum Gasteiger partial charge on any atom is -0.352 e. The molecule has 2 unspecified atom stereocenters. The lowest BCUT2D eigenvalue weighted by Crippen LogP contribution is -2.49. The Bertz CT molecular complexity index is 351. The summed E-state index contributed by atoms with van der Waals surface area (Å²) in [6.45, 7) is 6.13. The van der Waals surface area contributed by atoms with Crippen LogP contribution in [-0.2, 0) is 0 Å². The minimum absolute atomic E-state index is 0.447. The first-order chi connectivity index (χ1) is 7.72. The van der Waals surface area contributed by atoms with Crippen LogP contribution < -0.4 is 10.6 Å². The molecule has 2 heterocycles. The van der Waals surface area contributed by atoms with E-state index in [0.717, 1.165) is 24.6 Å². The number of rotatable bonds is 2. The van der Waals surface area contributed by atoms with Crippen molar-refractivity contribution >= 4 is 5.82 Å². The zero-order chi connectivity index (χ0) is 11.5. The predicted octanol–water partition coefficient (Wildman–Crippen LogP) is 1.95. The molecule has 1 aromatic rings. The SMILES string of the molecule is Cc1cccc(N2CCCC(C)C2CN)n1. The molecule has 3 nitrogen and oxygen atoms in total. The smallest absolute Gasteiger partial charge is 0.129 e. The van der Waals surface area contributed by atoms with Crippen LogP contribution in [0.15, 0.2) is 18.2 Å². The monoisotopic (exact) mass is 219 g/mol. The van der Waals surface area contributed by atoms with Crippen molar-refractivity contribution in [3.8, 4) is 0 Å². The summed E-state index contributed by atoms with van der Waals surface area (Å²) in [4.78, 5) is 6.98. The van der Waals surface area contributed by atoms with E-state index < -0.39 is 0 Å². The Balaban J connectivity index is 2.24. The number of anilines is 1. The van der Waals surface area contributed by atoms with E-state index in [4.69, 9.17) is 5.73 Å². The average Bonchev–Trinajstić information content (AvgIpc) is 2.28. The normalized spacial score (nSPS) is 25.8. The van der Waals surface area contributed by atoms with Gasteiger partial charge in [0, 0.05) is 24.8 Å². The van der Waals surface area contributed by atoms with Gasteiger partial charge in [-0.15, -0.1) is 0 Å². The van der Waals surface area contributed by atoms with Crippen LogP contribution in [0.4, 0.5) is 5.82 Å². The number of piperidine rings is 1. The van der Waals surface area contributed by atoms with E-state index in [0.29, 0.717) is 12.0 Å². The molecule has 3 heteroatoms. The van der Waals surface area contributed by atoms with Crippen LogP contribution in [0.2, 0.25) is 0 Å². The highest BCUT2D eigenvalue weighted by atomic mass is 15.2. The Morgan fingerprint density at radius 3 is 3.00 bits per heavy atom. The first-order valence-electron chi connectivity index (χ1n) is 6.12. The first kappa shape index (κ1) is 11.4. The van der Waals surface area contributed by atoms with Crippen molar-refractivity contribution in [3.63, 3.8) is 0 Å². The minimum atomic E-state index is 0.447. The van der Waals surface area contributed by atoms with Crippen molar-refractivity contribution < 1.29 is 0 Å². The molecule has 0 bridgehead atoms. The van der Waals surface area contributed by atoms with Crippen LogP contribution >= 0.6 is 0 Å².